The second-order valence-corrected chi connectivity index (χ2v) is 23.2. The number of anilines is 9. The summed E-state index contributed by atoms with van der Waals surface area (Å²) in [6.45, 7) is 22.8. The lowest BCUT2D eigenvalue weighted by Crippen LogP contribution is -2.18. The highest BCUT2D eigenvalue weighted by Crippen LogP contribution is 2.60. The summed E-state index contributed by atoms with van der Waals surface area (Å²) in [6, 6.07) is 80.5. The van der Waals surface area contributed by atoms with E-state index < -0.39 is 0 Å². The largest absolute Gasteiger partial charge is 0.310 e. The van der Waals surface area contributed by atoms with Crippen LogP contribution in [0.4, 0.5) is 51.2 Å². The average molecular weight is 996 g/mol. The van der Waals surface area contributed by atoms with Gasteiger partial charge in [0.15, 0.2) is 0 Å². The molecule has 0 saturated heterocycles. The van der Waals surface area contributed by atoms with Crippen LogP contribution in [-0.4, -0.2) is 0 Å². The molecular weight excluding hydrogens is 931 g/mol. The normalized spacial score (nSPS) is 13.5. The molecular formula is C74H65N3. The van der Waals surface area contributed by atoms with Crippen LogP contribution >= 0.6 is 0 Å². The first-order chi connectivity index (χ1) is 37.1. The lowest BCUT2D eigenvalue weighted by Gasteiger charge is -2.29. The molecule has 0 aliphatic heterocycles. The molecule has 0 unspecified atom stereocenters. The Balaban J connectivity index is 1.05. The van der Waals surface area contributed by atoms with Crippen LogP contribution < -0.4 is 14.7 Å². The summed E-state index contributed by atoms with van der Waals surface area (Å²) < 4.78 is 0. The maximum Gasteiger partial charge on any atom is 0.0468 e. The molecule has 0 bridgehead atoms. The maximum absolute atomic E-state index is 2.60. The molecule has 13 rings (SSSR count). The molecule has 0 amide bonds. The van der Waals surface area contributed by atoms with Crippen LogP contribution in [0, 0.1) is 41.5 Å². The van der Waals surface area contributed by atoms with E-state index in [9.17, 15) is 0 Å². The second-order valence-electron chi connectivity index (χ2n) is 23.2. The van der Waals surface area contributed by atoms with Gasteiger partial charge in [-0.25, -0.2) is 0 Å². The molecule has 0 N–H and O–H groups in total. The monoisotopic (exact) mass is 996 g/mol. The highest BCUT2D eigenvalue weighted by atomic mass is 15.2. The van der Waals surface area contributed by atoms with Gasteiger partial charge >= 0.3 is 0 Å². The van der Waals surface area contributed by atoms with Crippen molar-refractivity contribution in [1.82, 2.24) is 0 Å². The molecule has 2 aliphatic rings. The zero-order valence-corrected chi connectivity index (χ0v) is 46.0. The summed E-state index contributed by atoms with van der Waals surface area (Å²) in [7, 11) is 0. The highest BCUT2D eigenvalue weighted by molar-refractivity contribution is 6.20. The molecule has 11 aromatic rings. The molecule has 0 aromatic heterocycles. The molecule has 2 aliphatic carbocycles. The number of hydrogen-bond acceptors (Lipinski definition) is 3. The van der Waals surface area contributed by atoms with E-state index in [4.69, 9.17) is 0 Å². The van der Waals surface area contributed by atoms with Gasteiger partial charge < -0.3 is 14.7 Å². The van der Waals surface area contributed by atoms with Gasteiger partial charge in [0.25, 0.3) is 0 Å². The standard InChI is InChI=1S/C74H65N3/c1-46-11-23-52(24-12-46)75(53-25-13-47(2)14-26-53)58-35-38-61-62-39-36-59(76(54-27-15-48(3)16-28-54)55-29-17-49(4)18-30-55)42-66(62)72-71(65(61)41-58)67-45-69-64(44-70(67)74(72,9)10)63-40-37-60(43-68(63)73(69,7)8)77(56-31-19-50(5)20-32-56)57-33-21-51(6)22-34-57/h11-45H,1-10H3. The van der Waals surface area contributed by atoms with Crippen LogP contribution in [0.25, 0.3) is 43.8 Å². The van der Waals surface area contributed by atoms with E-state index in [-0.39, 0.29) is 10.8 Å². The van der Waals surface area contributed by atoms with Crippen molar-refractivity contribution < 1.29 is 0 Å². The molecule has 0 spiro atoms. The van der Waals surface area contributed by atoms with Crippen LogP contribution in [0.3, 0.4) is 0 Å². The molecule has 3 nitrogen and oxygen atoms in total. The summed E-state index contributed by atoms with van der Waals surface area (Å²) >= 11 is 0. The minimum atomic E-state index is -0.354. The third-order valence-corrected chi connectivity index (χ3v) is 17.0. The third-order valence-electron chi connectivity index (χ3n) is 17.0. The van der Waals surface area contributed by atoms with E-state index in [2.05, 4.69) is 296 Å². The average Bonchev–Trinajstić information content (AvgIpc) is 3.97. The van der Waals surface area contributed by atoms with Gasteiger partial charge in [0.1, 0.15) is 0 Å². The SMILES string of the molecule is Cc1ccc(N(c2ccc(C)cc2)c2ccc3c(c2)C(C)(C)c2cc4c(cc2-3)C(C)(C)c2c-4c3cc(N(c4ccc(C)cc4)c4ccc(C)cc4)ccc3c3ccc(N(c4ccc(C)cc4)c4ccc(C)cc4)cc23)cc1. The Bertz CT molecular complexity index is 3970. The molecule has 0 radical (unpaired) electrons. The van der Waals surface area contributed by atoms with Gasteiger partial charge in [-0.2, -0.15) is 0 Å². The first-order valence-corrected chi connectivity index (χ1v) is 27.3. The zero-order valence-electron chi connectivity index (χ0n) is 46.0. The van der Waals surface area contributed by atoms with Crippen molar-refractivity contribution in [2.45, 2.75) is 80.1 Å². The van der Waals surface area contributed by atoms with Crippen molar-refractivity contribution in [2.75, 3.05) is 14.7 Å². The van der Waals surface area contributed by atoms with E-state index >= 15 is 0 Å². The van der Waals surface area contributed by atoms with E-state index in [1.165, 1.54) is 99.4 Å². The second kappa shape index (κ2) is 18.0. The van der Waals surface area contributed by atoms with E-state index in [0.29, 0.717) is 0 Å². The first kappa shape index (κ1) is 48.0. The topological polar surface area (TPSA) is 9.72 Å². The molecule has 0 atom stereocenters. The summed E-state index contributed by atoms with van der Waals surface area (Å²) in [6.07, 6.45) is 0. The summed E-state index contributed by atoms with van der Waals surface area (Å²) in [5, 5.41) is 5.07. The van der Waals surface area contributed by atoms with Gasteiger partial charge in [-0.05, 0) is 229 Å². The van der Waals surface area contributed by atoms with Gasteiger partial charge in [0.2, 0.25) is 0 Å². The van der Waals surface area contributed by atoms with E-state index in [0.717, 1.165) is 51.2 Å². The minimum Gasteiger partial charge on any atom is -0.310 e. The van der Waals surface area contributed by atoms with Crippen LogP contribution in [0.2, 0.25) is 0 Å². The fraction of sp³-hybridized carbons (Fsp3) is 0.162. The number of aryl methyl sites for hydroxylation is 6. The zero-order chi connectivity index (χ0) is 53.1. The Labute approximate surface area is 455 Å². The Morgan fingerprint density at radius 1 is 0.234 bits per heavy atom. The van der Waals surface area contributed by atoms with Crippen LogP contribution in [0.15, 0.2) is 212 Å². The number of hydrogen-bond donors (Lipinski definition) is 0. The Morgan fingerprint density at radius 3 is 0.909 bits per heavy atom. The van der Waals surface area contributed by atoms with Crippen molar-refractivity contribution in [1.29, 1.82) is 0 Å². The summed E-state index contributed by atoms with van der Waals surface area (Å²) in [4.78, 5) is 7.27. The molecule has 376 valence electrons. The molecule has 0 heterocycles. The fourth-order valence-corrected chi connectivity index (χ4v) is 12.7. The predicted octanol–water partition coefficient (Wildman–Crippen LogP) is 20.9. The van der Waals surface area contributed by atoms with Crippen LogP contribution in [0.1, 0.15) is 83.3 Å². The molecule has 0 fully saturated rings. The van der Waals surface area contributed by atoms with Gasteiger partial charge in [-0.3, -0.25) is 0 Å². The molecule has 11 aromatic carbocycles. The quantitative estimate of drug-likeness (QED) is 0.133. The number of fused-ring (bicyclic) bond motifs is 11. The third kappa shape index (κ3) is 7.94. The molecule has 3 heteroatoms. The minimum absolute atomic E-state index is 0.282. The maximum atomic E-state index is 2.60. The van der Waals surface area contributed by atoms with Gasteiger partial charge in [-0.1, -0.05) is 152 Å². The van der Waals surface area contributed by atoms with Crippen molar-refractivity contribution >= 4 is 72.7 Å². The Kier molecular flexibility index (Phi) is 11.2. The molecule has 77 heavy (non-hydrogen) atoms. The summed E-state index contributed by atoms with van der Waals surface area (Å²) in [5.74, 6) is 0. The van der Waals surface area contributed by atoms with E-state index in [1.807, 2.05) is 0 Å². The molecule has 0 saturated carbocycles. The van der Waals surface area contributed by atoms with Crippen LogP contribution in [-0.2, 0) is 10.8 Å². The number of nitrogens with zero attached hydrogens (tertiary/aromatic N) is 3. The Morgan fingerprint density at radius 2 is 0.519 bits per heavy atom. The number of rotatable bonds is 9. The smallest absolute Gasteiger partial charge is 0.0468 e. The van der Waals surface area contributed by atoms with Crippen molar-refractivity contribution in [3.8, 4) is 22.3 Å². The van der Waals surface area contributed by atoms with Gasteiger partial charge in [-0.15, -0.1) is 0 Å². The first-order valence-electron chi connectivity index (χ1n) is 27.3. The van der Waals surface area contributed by atoms with Crippen LogP contribution in [0.5, 0.6) is 0 Å². The Hall–Kier alpha value is -8.66. The van der Waals surface area contributed by atoms with Crippen molar-refractivity contribution in [2.24, 2.45) is 0 Å². The summed E-state index contributed by atoms with van der Waals surface area (Å²) in [5.41, 5.74) is 27.9. The lowest BCUT2D eigenvalue weighted by molar-refractivity contribution is 0.654. The highest BCUT2D eigenvalue weighted by Gasteiger charge is 2.44. The number of benzene rings is 11. The predicted molar refractivity (Wildman–Crippen MR) is 329 cm³/mol. The lowest BCUT2D eigenvalue weighted by atomic mass is 9.78. The van der Waals surface area contributed by atoms with Crippen molar-refractivity contribution in [3.05, 3.63) is 268 Å². The van der Waals surface area contributed by atoms with Crippen molar-refractivity contribution in [3.63, 3.8) is 0 Å². The van der Waals surface area contributed by atoms with Gasteiger partial charge in [0, 0.05) is 62.0 Å². The fourth-order valence-electron chi connectivity index (χ4n) is 12.7. The van der Waals surface area contributed by atoms with E-state index in [1.54, 1.807) is 0 Å². The van der Waals surface area contributed by atoms with Gasteiger partial charge in [0.05, 0.1) is 0 Å².